The molecule has 1 amide bonds. The van der Waals surface area contributed by atoms with Crippen molar-refractivity contribution in [3.63, 3.8) is 0 Å². The first kappa shape index (κ1) is 29.0. The monoisotopic (exact) mass is 573 g/mol. The standard InChI is InChI=1S/C25H32F3N4O6S/c1-15-6-7-16(2)20(10-15)32(9-8-30(14-33)13-22(32)37-24(34)25(26,27)28)21-12-31(11-17(21)3)39(35,36)23-18(4)29-38-19(23)5/h6-7,10,14,17,21-22H,8-9,11-13H2,1-5H3/q+1/t17-,21-,22?,32-/m0/s1. The Labute approximate surface area is 224 Å². The summed E-state index contributed by atoms with van der Waals surface area (Å²) in [5, 5.41) is 3.76. The van der Waals surface area contributed by atoms with E-state index in [1.54, 1.807) is 0 Å². The van der Waals surface area contributed by atoms with Crippen LogP contribution in [-0.4, -0.2) is 86.3 Å². The van der Waals surface area contributed by atoms with Crippen molar-refractivity contribution in [3.8, 4) is 0 Å². The van der Waals surface area contributed by atoms with Crippen LogP contribution in [0.4, 0.5) is 18.9 Å². The molecule has 0 aliphatic carbocycles. The van der Waals surface area contributed by atoms with E-state index in [-0.39, 0.29) is 59.5 Å². The number of rotatable bonds is 6. The van der Waals surface area contributed by atoms with Crippen molar-refractivity contribution >= 4 is 28.1 Å². The topological polar surface area (TPSA) is 110 Å². The number of hydrogen-bond donors (Lipinski definition) is 0. The van der Waals surface area contributed by atoms with Gasteiger partial charge in [0.2, 0.25) is 16.4 Å². The molecule has 0 spiro atoms. The Balaban J connectivity index is 1.87. The van der Waals surface area contributed by atoms with Crippen molar-refractivity contribution < 1.29 is 40.4 Å². The van der Waals surface area contributed by atoms with E-state index in [2.05, 4.69) is 5.16 Å². The van der Waals surface area contributed by atoms with Gasteiger partial charge in [0.05, 0.1) is 13.1 Å². The molecule has 214 valence electrons. The van der Waals surface area contributed by atoms with Gasteiger partial charge in [-0.3, -0.25) is 4.79 Å². The fourth-order valence-corrected chi connectivity index (χ4v) is 7.82. The Hall–Kier alpha value is -2.97. The summed E-state index contributed by atoms with van der Waals surface area (Å²) in [6, 6.07) is 4.93. The number of alkyl halides is 3. The molecule has 0 radical (unpaired) electrons. The molecule has 2 aliphatic heterocycles. The molecule has 39 heavy (non-hydrogen) atoms. The van der Waals surface area contributed by atoms with Crippen LogP contribution in [0.15, 0.2) is 27.6 Å². The van der Waals surface area contributed by atoms with Crippen molar-refractivity contribution in [2.24, 2.45) is 5.92 Å². The second-order valence-corrected chi connectivity index (χ2v) is 12.3. The lowest BCUT2D eigenvalue weighted by Gasteiger charge is -2.52. The average Bonchev–Trinajstić information content (AvgIpc) is 3.42. The Morgan fingerprint density at radius 2 is 1.87 bits per heavy atom. The van der Waals surface area contributed by atoms with Crippen LogP contribution in [0.5, 0.6) is 0 Å². The fraction of sp³-hybridized carbons (Fsp3) is 0.560. The molecule has 0 N–H and O–H groups in total. The van der Waals surface area contributed by atoms with Gasteiger partial charge in [0, 0.05) is 24.1 Å². The van der Waals surface area contributed by atoms with E-state index in [9.17, 15) is 31.2 Å². The molecule has 0 bridgehead atoms. The van der Waals surface area contributed by atoms with E-state index in [1.165, 1.54) is 23.1 Å². The molecule has 1 unspecified atom stereocenters. The molecule has 1 aromatic heterocycles. The largest absolute Gasteiger partial charge is 0.491 e. The van der Waals surface area contributed by atoms with Gasteiger partial charge in [-0.25, -0.2) is 17.7 Å². The van der Waals surface area contributed by atoms with Gasteiger partial charge in [0.15, 0.2) is 5.76 Å². The average molecular weight is 574 g/mol. The Morgan fingerprint density at radius 3 is 2.46 bits per heavy atom. The predicted octanol–water partition coefficient (Wildman–Crippen LogP) is 2.83. The number of carbonyl (C=O) groups excluding carboxylic acids is 2. The van der Waals surface area contributed by atoms with Crippen molar-refractivity contribution in [3.05, 3.63) is 40.8 Å². The van der Waals surface area contributed by atoms with Gasteiger partial charge in [-0.15, -0.1) is 0 Å². The van der Waals surface area contributed by atoms with E-state index in [0.29, 0.717) is 12.1 Å². The number of aryl methyl sites for hydroxylation is 4. The van der Waals surface area contributed by atoms with Gasteiger partial charge in [-0.2, -0.15) is 17.5 Å². The van der Waals surface area contributed by atoms with Crippen LogP contribution in [0.3, 0.4) is 0 Å². The Morgan fingerprint density at radius 1 is 1.18 bits per heavy atom. The third kappa shape index (κ3) is 5.05. The number of carbonyl (C=O) groups is 2. The third-order valence-corrected chi connectivity index (χ3v) is 9.87. The highest BCUT2D eigenvalue weighted by molar-refractivity contribution is 7.89. The predicted molar refractivity (Wildman–Crippen MR) is 134 cm³/mol. The zero-order valence-corrected chi connectivity index (χ0v) is 23.2. The van der Waals surface area contributed by atoms with E-state index in [1.807, 2.05) is 39.0 Å². The summed E-state index contributed by atoms with van der Waals surface area (Å²) in [5.74, 6) is -2.58. The summed E-state index contributed by atoms with van der Waals surface area (Å²) in [5.41, 5.74) is 2.40. The highest BCUT2D eigenvalue weighted by Crippen LogP contribution is 2.43. The summed E-state index contributed by atoms with van der Waals surface area (Å²) in [6.45, 7) is 8.54. The van der Waals surface area contributed by atoms with Gasteiger partial charge < -0.3 is 14.2 Å². The summed E-state index contributed by atoms with van der Waals surface area (Å²) in [4.78, 5) is 25.1. The molecule has 2 aliphatic rings. The molecule has 3 heterocycles. The number of nitrogens with zero attached hydrogens (tertiary/aromatic N) is 4. The fourth-order valence-electron chi connectivity index (χ4n) is 5.97. The summed E-state index contributed by atoms with van der Waals surface area (Å²) >= 11 is 0. The molecule has 0 saturated carbocycles. The zero-order chi connectivity index (χ0) is 28.9. The van der Waals surface area contributed by atoms with Gasteiger partial charge >= 0.3 is 12.1 Å². The van der Waals surface area contributed by atoms with Crippen LogP contribution >= 0.6 is 0 Å². The van der Waals surface area contributed by atoms with E-state index in [4.69, 9.17) is 9.26 Å². The van der Waals surface area contributed by atoms with Crippen LogP contribution in [0.2, 0.25) is 0 Å². The number of piperazine rings is 1. The smallest absolute Gasteiger partial charge is 0.403 e. The molecule has 2 saturated heterocycles. The van der Waals surface area contributed by atoms with E-state index >= 15 is 0 Å². The zero-order valence-electron chi connectivity index (χ0n) is 22.4. The SMILES string of the molecule is Cc1ccc(C)c([N@+]2([C@H]3CN(S(=O)(=O)c4c(C)noc4C)C[C@@H]3C)CCN(C=O)CC2OC(=O)C(F)(F)F)c1. The van der Waals surface area contributed by atoms with Gasteiger partial charge in [0.25, 0.3) is 6.23 Å². The molecular weight excluding hydrogens is 541 g/mol. The summed E-state index contributed by atoms with van der Waals surface area (Å²) < 4.78 is 78.9. The number of quaternary nitrogens is 1. The van der Waals surface area contributed by atoms with E-state index < -0.39 is 34.4 Å². The lowest BCUT2D eigenvalue weighted by Crippen LogP contribution is -2.73. The minimum Gasteiger partial charge on any atom is -0.403 e. The number of hydrogen-bond acceptors (Lipinski definition) is 7. The van der Waals surface area contributed by atoms with Gasteiger partial charge in [-0.1, -0.05) is 24.2 Å². The van der Waals surface area contributed by atoms with Crippen molar-refractivity contribution in [1.82, 2.24) is 18.8 Å². The lowest BCUT2D eigenvalue weighted by atomic mass is 9.95. The lowest BCUT2D eigenvalue weighted by molar-refractivity contribution is -0.217. The van der Waals surface area contributed by atoms with Gasteiger partial charge in [-0.05, 0) is 33.3 Å². The van der Waals surface area contributed by atoms with Crippen molar-refractivity contribution in [2.45, 2.75) is 58.0 Å². The van der Waals surface area contributed by atoms with Crippen LogP contribution < -0.4 is 4.48 Å². The second kappa shape index (κ2) is 10.2. The minimum absolute atomic E-state index is 0.0422. The van der Waals surface area contributed by atoms with Crippen molar-refractivity contribution in [1.29, 1.82) is 0 Å². The normalized spacial score (nSPS) is 26.6. The second-order valence-electron chi connectivity index (χ2n) is 10.4. The molecule has 14 heteroatoms. The maximum absolute atomic E-state index is 13.7. The summed E-state index contributed by atoms with van der Waals surface area (Å²) in [6.07, 6.45) is -6.16. The first-order chi connectivity index (χ1) is 18.1. The number of amides is 1. The molecule has 1 aromatic carbocycles. The van der Waals surface area contributed by atoms with Gasteiger partial charge in [0.1, 0.15) is 35.4 Å². The number of halogens is 3. The highest BCUT2D eigenvalue weighted by atomic mass is 32.2. The van der Waals surface area contributed by atoms with Crippen LogP contribution in [0, 0.1) is 33.6 Å². The number of esters is 1. The number of sulfonamides is 1. The molecule has 4 atom stereocenters. The maximum atomic E-state index is 13.7. The first-order valence-corrected chi connectivity index (χ1v) is 13.9. The maximum Gasteiger partial charge on any atom is 0.491 e. The summed E-state index contributed by atoms with van der Waals surface area (Å²) in [7, 11) is -4.05. The minimum atomic E-state index is -5.25. The van der Waals surface area contributed by atoms with Crippen LogP contribution in [0.1, 0.15) is 29.5 Å². The van der Waals surface area contributed by atoms with Crippen molar-refractivity contribution in [2.75, 3.05) is 32.7 Å². The molecule has 4 rings (SSSR count). The number of ether oxygens (including phenoxy) is 1. The highest BCUT2D eigenvalue weighted by Gasteiger charge is 2.59. The number of aromatic nitrogens is 1. The Bertz CT molecular complexity index is 1360. The van der Waals surface area contributed by atoms with E-state index in [0.717, 1.165) is 11.1 Å². The Kier molecular flexibility index (Phi) is 7.60. The molecule has 2 fully saturated rings. The first-order valence-electron chi connectivity index (χ1n) is 12.5. The van der Waals surface area contributed by atoms with Crippen LogP contribution in [-0.2, 0) is 24.3 Å². The quantitative estimate of drug-likeness (QED) is 0.297. The number of benzene rings is 1. The third-order valence-electron chi connectivity index (χ3n) is 7.80. The molecular formula is C25H32F3N4O6S+. The van der Waals surface area contributed by atoms with Crippen LogP contribution in [0.25, 0.3) is 0 Å². The molecule has 10 nitrogen and oxygen atoms in total. The molecule has 2 aromatic rings.